The Kier molecular flexibility index (Phi) is 4.82. The number of nitrogens with zero attached hydrogens (tertiary/aromatic N) is 3. The van der Waals surface area contributed by atoms with Crippen LogP contribution in [0.2, 0.25) is 0 Å². The zero-order valence-corrected chi connectivity index (χ0v) is 16.0. The van der Waals surface area contributed by atoms with Crippen molar-refractivity contribution in [1.82, 2.24) is 14.8 Å². The van der Waals surface area contributed by atoms with E-state index in [1.54, 1.807) is 6.20 Å². The van der Waals surface area contributed by atoms with Crippen LogP contribution < -0.4 is 15.7 Å². The van der Waals surface area contributed by atoms with Gasteiger partial charge in [0.15, 0.2) is 5.06 Å². The molecule has 1 aromatic carbocycles. The van der Waals surface area contributed by atoms with E-state index in [2.05, 4.69) is 27.3 Å². The number of hydrogen-bond donors (Lipinski definition) is 3. The molecule has 0 spiro atoms. The van der Waals surface area contributed by atoms with Gasteiger partial charge in [-0.3, -0.25) is 24.2 Å². The van der Waals surface area contributed by atoms with Gasteiger partial charge in [-0.25, -0.2) is 0 Å². The van der Waals surface area contributed by atoms with E-state index in [-0.39, 0.29) is 16.7 Å². The van der Waals surface area contributed by atoms with Crippen molar-refractivity contribution in [2.45, 2.75) is 32.4 Å². The van der Waals surface area contributed by atoms with Crippen LogP contribution in [0.25, 0.3) is 0 Å². The van der Waals surface area contributed by atoms with Gasteiger partial charge in [0, 0.05) is 24.7 Å². The molecule has 0 amide bonds. The smallest absolute Gasteiger partial charge is 0.310 e. The first-order chi connectivity index (χ1) is 13.5. The van der Waals surface area contributed by atoms with Gasteiger partial charge in [0.2, 0.25) is 0 Å². The normalized spacial score (nSPS) is 16.0. The molecule has 1 atom stereocenters. The Morgan fingerprint density at radius 1 is 1.32 bits per heavy atom. The quantitative estimate of drug-likeness (QED) is 0.627. The van der Waals surface area contributed by atoms with Gasteiger partial charge in [-0.1, -0.05) is 19.1 Å². The van der Waals surface area contributed by atoms with Gasteiger partial charge in [-0.05, 0) is 29.9 Å². The Bertz CT molecular complexity index is 1160. The van der Waals surface area contributed by atoms with Crippen molar-refractivity contribution in [3.8, 4) is 5.06 Å². The van der Waals surface area contributed by atoms with E-state index >= 15 is 0 Å². The number of aliphatic imine (C=N–C) groups is 1. The number of aromatic hydroxyl groups is 1. The molecule has 3 N–H and O–H groups in total. The minimum absolute atomic E-state index is 0.0362. The third-order valence-corrected chi connectivity index (χ3v) is 5.21. The number of rotatable bonds is 4. The fraction of sp³-hybridized carbons (Fsp3) is 0.263. The van der Waals surface area contributed by atoms with E-state index in [4.69, 9.17) is 0 Å². The maximum absolute atomic E-state index is 12.4. The molecule has 28 heavy (non-hydrogen) atoms. The van der Waals surface area contributed by atoms with Crippen LogP contribution in [0.15, 0.2) is 51.2 Å². The fourth-order valence-electron chi connectivity index (χ4n) is 3.26. The summed E-state index contributed by atoms with van der Waals surface area (Å²) in [6, 6.07) is 7.32. The Labute approximate surface area is 164 Å². The molecule has 0 aliphatic carbocycles. The molecule has 1 aliphatic heterocycles. The highest BCUT2D eigenvalue weighted by Crippen LogP contribution is 2.36. The number of anilines is 1. The molecule has 8 nitrogen and oxygen atoms in total. The first-order valence-electron chi connectivity index (χ1n) is 8.97. The van der Waals surface area contributed by atoms with Crippen LogP contribution in [0.5, 0.6) is 5.06 Å². The summed E-state index contributed by atoms with van der Waals surface area (Å²) in [5.74, 6) is 0. The van der Waals surface area contributed by atoms with Crippen LogP contribution in [0, 0.1) is 0 Å². The second kappa shape index (κ2) is 7.43. The Morgan fingerprint density at radius 2 is 2.14 bits per heavy atom. The summed E-state index contributed by atoms with van der Waals surface area (Å²) in [6.45, 7) is 2.90. The zero-order chi connectivity index (χ0) is 19.7. The molecule has 0 bridgehead atoms. The summed E-state index contributed by atoms with van der Waals surface area (Å²) < 4.78 is 1.88. The van der Waals surface area contributed by atoms with E-state index in [1.165, 1.54) is 0 Å². The van der Waals surface area contributed by atoms with Crippen LogP contribution in [-0.4, -0.2) is 25.6 Å². The molecule has 144 valence electrons. The van der Waals surface area contributed by atoms with Crippen LogP contribution in [0.3, 0.4) is 0 Å². The van der Waals surface area contributed by atoms with E-state index in [1.807, 2.05) is 35.1 Å². The summed E-state index contributed by atoms with van der Waals surface area (Å²) in [4.78, 5) is 30.1. The molecule has 0 radical (unpaired) electrons. The Morgan fingerprint density at radius 3 is 2.93 bits per heavy atom. The topological polar surface area (TPSA) is 112 Å². The summed E-state index contributed by atoms with van der Waals surface area (Å²) in [5.41, 5.74) is 2.26. The largest absolute Gasteiger partial charge is 0.499 e. The van der Waals surface area contributed by atoms with Gasteiger partial charge in [0.1, 0.15) is 5.56 Å². The second-order valence-corrected chi connectivity index (χ2v) is 7.50. The summed E-state index contributed by atoms with van der Waals surface area (Å²) >= 11 is 0.589. The molecule has 0 fully saturated rings. The maximum atomic E-state index is 12.4. The number of aryl methyl sites for hydroxylation is 1. The van der Waals surface area contributed by atoms with Crippen molar-refractivity contribution < 1.29 is 5.11 Å². The predicted molar refractivity (Wildman–Crippen MR) is 109 cm³/mol. The van der Waals surface area contributed by atoms with Crippen molar-refractivity contribution in [2.75, 3.05) is 5.32 Å². The SMILES string of the molecule is CCCn1cc([C@@H]2CC(c3c(O)sc(=O)[nH]c3=O)=Nc3ccccc3N2)cn1. The minimum atomic E-state index is -0.639. The molecule has 1 aliphatic rings. The number of hydrogen-bond acceptors (Lipinski definition) is 7. The number of para-hydroxylation sites is 2. The van der Waals surface area contributed by atoms with Crippen molar-refractivity contribution in [2.24, 2.45) is 4.99 Å². The van der Waals surface area contributed by atoms with Gasteiger partial charge >= 0.3 is 4.87 Å². The minimum Gasteiger partial charge on any atom is -0.499 e. The van der Waals surface area contributed by atoms with Crippen LogP contribution in [0.1, 0.15) is 36.9 Å². The highest BCUT2D eigenvalue weighted by atomic mass is 32.1. The highest BCUT2D eigenvalue weighted by molar-refractivity contribution is 7.11. The van der Waals surface area contributed by atoms with Crippen molar-refractivity contribution in [3.63, 3.8) is 0 Å². The van der Waals surface area contributed by atoms with Crippen LogP contribution in [0.4, 0.5) is 11.4 Å². The molecule has 4 rings (SSSR count). The monoisotopic (exact) mass is 397 g/mol. The van der Waals surface area contributed by atoms with Crippen molar-refractivity contribution in [3.05, 3.63) is 67.8 Å². The van der Waals surface area contributed by atoms with E-state index in [0.717, 1.165) is 24.2 Å². The molecular formula is C19H19N5O3S. The van der Waals surface area contributed by atoms with Crippen molar-refractivity contribution in [1.29, 1.82) is 0 Å². The maximum Gasteiger partial charge on any atom is 0.310 e. The average Bonchev–Trinajstić information content (AvgIpc) is 3.02. The Balaban J connectivity index is 1.82. The van der Waals surface area contributed by atoms with Gasteiger partial charge in [-0.15, -0.1) is 0 Å². The summed E-state index contributed by atoms with van der Waals surface area (Å²) in [7, 11) is 0. The lowest BCUT2D eigenvalue weighted by Gasteiger charge is -2.17. The lowest BCUT2D eigenvalue weighted by molar-refractivity contribution is 0.487. The lowest BCUT2D eigenvalue weighted by Crippen LogP contribution is -2.25. The lowest BCUT2D eigenvalue weighted by atomic mass is 10.0. The fourth-order valence-corrected chi connectivity index (χ4v) is 3.89. The summed E-state index contributed by atoms with van der Waals surface area (Å²) in [5, 5.41) is 17.8. The number of nitrogens with one attached hydrogen (secondary N) is 2. The van der Waals surface area contributed by atoms with Gasteiger partial charge < -0.3 is 10.4 Å². The predicted octanol–water partition coefficient (Wildman–Crippen LogP) is 2.79. The van der Waals surface area contributed by atoms with E-state index in [9.17, 15) is 14.7 Å². The highest BCUT2D eigenvalue weighted by Gasteiger charge is 2.25. The average molecular weight is 397 g/mol. The third-order valence-electron chi connectivity index (χ3n) is 4.53. The summed E-state index contributed by atoms with van der Waals surface area (Å²) in [6.07, 6.45) is 5.10. The van der Waals surface area contributed by atoms with Crippen LogP contribution >= 0.6 is 11.3 Å². The van der Waals surface area contributed by atoms with Gasteiger partial charge in [-0.2, -0.15) is 5.10 Å². The number of H-pyrrole nitrogens is 1. The zero-order valence-electron chi connectivity index (χ0n) is 15.2. The van der Waals surface area contributed by atoms with Gasteiger partial charge in [0.25, 0.3) is 5.56 Å². The van der Waals surface area contributed by atoms with E-state index < -0.39 is 10.4 Å². The van der Waals surface area contributed by atoms with Gasteiger partial charge in [0.05, 0.1) is 29.3 Å². The molecule has 2 aromatic heterocycles. The molecule has 0 unspecified atom stereocenters. The molecule has 9 heteroatoms. The van der Waals surface area contributed by atoms with E-state index in [0.29, 0.717) is 29.2 Å². The second-order valence-electron chi connectivity index (χ2n) is 6.54. The first kappa shape index (κ1) is 18.2. The third kappa shape index (κ3) is 3.48. The van der Waals surface area contributed by atoms with Crippen LogP contribution in [-0.2, 0) is 6.54 Å². The standard InChI is InChI=1S/C19H19N5O3S/c1-2-7-24-10-11(9-20-24)14-8-15(16-17(25)23-19(27)28-18(16)26)22-13-6-4-3-5-12(13)21-14/h3-6,9-10,14,21,26H,2,7-8H2,1H3,(H,23,25,27)/t14-/m0/s1. The molecular weight excluding hydrogens is 378 g/mol. The molecule has 0 saturated carbocycles. The Hall–Kier alpha value is -3.20. The first-order valence-corrected chi connectivity index (χ1v) is 9.79. The number of benzene rings is 1. The molecule has 3 heterocycles. The number of aromatic nitrogens is 3. The van der Waals surface area contributed by atoms with Crippen molar-refractivity contribution >= 4 is 28.4 Å². The number of fused-ring (bicyclic) bond motifs is 1. The number of aromatic amines is 1. The molecule has 0 saturated heterocycles. The molecule has 3 aromatic rings.